The van der Waals surface area contributed by atoms with E-state index in [0.29, 0.717) is 5.69 Å². The fourth-order valence-electron chi connectivity index (χ4n) is 1.75. The normalized spacial score (nSPS) is 11.6. The molecule has 0 saturated heterocycles. The molecule has 0 radical (unpaired) electrons. The van der Waals surface area contributed by atoms with E-state index in [1.54, 1.807) is 13.0 Å². The Kier molecular flexibility index (Phi) is 6.80. The van der Waals surface area contributed by atoms with Crippen molar-refractivity contribution in [3.05, 3.63) is 29.8 Å². The van der Waals surface area contributed by atoms with Crippen LogP contribution in [0, 0.1) is 0 Å². The zero-order chi connectivity index (χ0) is 15.9. The molecule has 7 heteroatoms. The van der Waals surface area contributed by atoms with Gasteiger partial charge >= 0.3 is 0 Å². The number of rotatable bonds is 8. The smallest absolute Gasteiger partial charge is 0.239 e. The van der Waals surface area contributed by atoms with Crippen molar-refractivity contribution >= 4 is 21.6 Å². The molecule has 0 aliphatic rings. The summed E-state index contributed by atoms with van der Waals surface area (Å²) in [5.41, 5.74) is 1.72. The van der Waals surface area contributed by atoms with Crippen molar-refractivity contribution in [1.82, 2.24) is 9.62 Å². The van der Waals surface area contributed by atoms with Crippen LogP contribution in [0.25, 0.3) is 0 Å². The van der Waals surface area contributed by atoms with Crippen LogP contribution < -0.4 is 10.6 Å². The second-order valence-corrected chi connectivity index (χ2v) is 7.05. The summed E-state index contributed by atoms with van der Waals surface area (Å²) in [6.45, 7) is 4.98. The quantitative estimate of drug-likeness (QED) is 0.751. The molecule has 0 aliphatic carbocycles. The molecule has 0 fully saturated rings. The van der Waals surface area contributed by atoms with E-state index in [1.165, 1.54) is 7.05 Å². The Bertz CT molecular complexity index is 573. The number of likely N-dealkylation sites (N-methyl/N-ethyl adjacent to an activating group) is 1. The third kappa shape index (κ3) is 5.82. The average molecular weight is 313 g/mol. The first-order chi connectivity index (χ1) is 9.89. The lowest BCUT2D eigenvalue weighted by atomic mass is 10.2. The Labute approximate surface area is 126 Å². The first-order valence-corrected chi connectivity index (χ1v) is 8.53. The van der Waals surface area contributed by atoms with Gasteiger partial charge in [-0.25, -0.2) is 8.42 Å². The highest BCUT2D eigenvalue weighted by atomic mass is 32.2. The van der Waals surface area contributed by atoms with Crippen molar-refractivity contribution in [2.75, 3.05) is 31.2 Å². The Balaban J connectivity index is 2.63. The summed E-state index contributed by atoms with van der Waals surface area (Å²) in [6, 6.07) is 7.47. The van der Waals surface area contributed by atoms with Crippen LogP contribution in [0.1, 0.15) is 19.4 Å². The minimum atomic E-state index is -3.34. The zero-order valence-corrected chi connectivity index (χ0v) is 13.5. The van der Waals surface area contributed by atoms with Crippen molar-refractivity contribution in [2.24, 2.45) is 0 Å². The molecule has 0 spiro atoms. The van der Waals surface area contributed by atoms with E-state index >= 15 is 0 Å². The number of anilines is 1. The molecular weight excluding hydrogens is 290 g/mol. The second-order valence-electron chi connectivity index (χ2n) is 4.69. The summed E-state index contributed by atoms with van der Waals surface area (Å²) in [5, 5.41) is 5.92. The van der Waals surface area contributed by atoms with E-state index in [-0.39, 0.29) is 18.2 Å². The standard InChI is InChI=1S/C14H23N3O3S/c1-4-15-10-12-7-6-8-13(9-12)16-14(18)11-17(3)21(19,20)5-2/h6-9,15H,4-5,10-11H2,1-3H3,(H,16,18). The van der Waals surface area contributed by atoms with E-state index in [9.17, 15) is 13.2 Å². The maximum Gasteiger partial charge on any atom is 0.239 e. The lowest BCUT2D eigenvalue weighted by Crippen LogP contribution is -2.35. The van der Waals surface area contributed by atoms with Crippen LogP contribution >= 0.6 is 0 Å². The molecule has 0 aromatic heterocycles. The van der Waals surface area contributed by atoms with Gasteiger partial charge in [-0.3, -0.25) is 4.79 Å². The van der Waals surface area contributed by atoms with Crippen LogP contribution in [-0.2, 0) is 21.4 Å². The average Bonchev–Trinajstić information content (AvgIpc) is 2.45. The Morgan fingerprint density at radius 1 is 1.29 bits per heavy atom. The largest absolute Gasteiger partial charge is 0.325 e. The van der Waals surface area contributed by atoms with Gasteiger partial charge in [0, 0.05) is 19.3 Å². The molecule has 0 heterocycles. The third-order valence-corrected chi connectivity index (χ3v) is 4.80. The fourth-order valence-corrected chi connectivity index (χ4v) is 2.50. The zero-order valence-electron chi connectivity index (χ0n) is 12.7. The molecule has 21 heavy (non-hydrogen) atoms. The number of carbonyl (C=O) groups excluding carboxylic acids is 1. The molecule has 0 saturated carbocycles. The molecular formula is C14H23N3O3S. The van der Waals surface area contributed by atoms with E-state index in [0.717, 1.165) is 23.0 Å². The molecule has 118 valence electrons. The predicted molar refractivity (Wildman–Crippen MR) is 84.5 cm³/mol. The number of carbonyl (C=O) groups is 1. The number of sulfonamides is 1. The number of hydrogen-bond donors (Lipinski definition) is 2. The summed E-state index contributed by atoms with van der Waals surface area (Å²) in [6.07, 6.45) is 0. The highest BCUT2D eigenvalue weighted by Crippen LogP contribution is 2.11. The van der Waals surface area contributed by atoms with E-state index in [4.69, 9.17) is 0 Å². The van der Waals surface area contributed by atoms with E-state index in [2.05, 4.69) is 10.6 Å². The number of benzene rings is 1. The Morgan fingerprint density at radius 3 is 2.62 bits per heavy atom. The molecule has 1 aromatic carbocycles. The van der Waals surface area contributed by atoms with Gasteiger partial charge in [-0.15, -0.1) is 0 Å². The molecule has 1 amide bonds. The van der Waals surface area contributed by atoms with Crippen molar-refractivity contribution in [3.8, 4) is 0 Å². The van der Waals surface area contributed by atoms with Gasteiger partial charge in [0.1, 0.15) is 0 Å². The summed E-state index contributed by atoms with van der Waals surface area (Å²) >= 11 is 0. The number of hydrogen-bond acceptors (Lipinski definition) is 4. The Morgan fingerprint density at radius 2 is 2.00 bits per heavy atom. The highest BCUT2D eigenvalue weighted by molar-refractivity contribution is 7.89. The summed E-state index contributed by atoms with van der Waals surface area (Å²) in [7, 11) is -1.94. The van der Waals surface area contributed by atoms with Crippen molar-refractivity contribution in [2.45, 2.75) is 20.4 Å². The molecule has 0 atom stereocenters. The first kappa shape index (κ1) is 17.6. The summed E-state index contributed by atoms with van der Waals surface area (Å²) in [4.78, 5) is 11.9. The topological polar surface area (TPSA) is 78.5 Å². The van der Waals surface area contributed by atoms with Crippen LogP contribution in [0.3, 0.4) is 0 Å². The maximum atomic E-state index is 11.9. The van der Waals surface area contributed by atoms with E-state index < -0.39 is 10.0 Å². The van der Waals surface area contributed by atoms with Gasteiger partial charge in [-0.05, 0) is 31.2 Å². The van der Waals surface area contributed by atoms with Crippen LogP contribution in [0.15, 0.2) is 24.3 Å². The second kappa shape index (κ2) is 8.11. The summed E-state index contributed by atoms with van der Waals surface area (Å²) < 4.78 is 24.3. The fraction of sp³-hybridized carbons (Fsp3) is 0.500. The molecule has 0 aliphatic heterocycles. The van der Waals surface area contributed by atoms with Crippen molar-refractivity contribution in [1.29, 1.82) is 0 Å². The predicted octanol–water partition coefficient (Wildman–Crippen LogP) is 1.02. The molecule has 6 nitrogen and oxygen atoms in total. The SMILES string of the molecule is CCNCc1cccc(NC(=O)CN(C)S(=O)(=O)CC)c1. The number of nitrogens with zero attached hydrogens (tertiary/aromatic N) is 1. The molecule has 1 aromatic rings. The van der Waals surface area contributed by atoms with Gasteiger partial charge in [0.15, 0.2) is 0 Å². The highest BCUT2D eigenvalue weighted by Gasteiger charge is 2.18. The molecule has 1 rings (SSSR count). The van der Waals surface area contributed by atoms with Crippen LogP contribution in [0.5, 0.6) is 0 Å². The number of amides is 1. The van der Waals surface area contributed by atoms with Crippen LogP contribution in [0.4, 0.5) is 5.69 Å². The molecule has 2 N–H and O–H groups in total. The molecule has 0 bridgehead atoms. The Hall–Kier alpha value is -1.44. The van der Waals surface area contributed by atoms with Gasteiger partial charge in [0.05, 0.1) is 12.3 Å². The van der Waals surface area contributed by atoms with Gasteiger partial charge in [0.25, 0.3) is 0 Å². The van der Waals surface area contributed by atoms with Gasteiger partial charge in [0.2, 0.25) is 15.9 Å². The monoisotopic (exact) mass is 313 g/mol. The van der Waals surface area contributed by atoms with E-state index in [1.807, 2.05) is 25.1 Å². The summed E-state index contributed by atoms with van der Waals surface area (Å²) in [5.74, 6) is -0.371. The number of nitrogens with one attached hydrogen (secondary N) is 2. The van der Waals surface area contributed by atoms with Crippen LogP contribution in [-0.4, -0.2) is 44.5 Å². The van der Waals surface area contributed by atoms with Crippen LogP contribution in [0.2, 0.25) is 0 Å². The van der Waals surface area contributed by atoms with Crippen molar-refractivity contribution < 1.29 is 13.2 Å². The van der Waals surface area contributed by atoms with Crippen molar-refractivity contribution in [3.63, 3.8) is 0 Å². The minimum absolute atomic E-state index is 0.0189. The van der Waals surface area contributed by atoms with Gasteiger partial charge in [-0.2, -0.15) is 4.31 Å². The lowest BCUT2D eigenvalue weighted by molar-refractivity contribution is -0.116. The first-order valence-electron chi connectivity index (χ1n) is 6.92. The maximum absolute atomic E-state index is 11.9. The third-order valence-electron chi connectivity index (χ3n) is 3.00. The van der Waals surface area contributed by atoms with Gasteiger partial charge in [-0.1, -0.05) is 19.1 Å². The van der Waals surface area contributed by atoms with Gasteiger partial charge < -0.3 is 10.6 Å². The minimum Gasteiger partial charge on any atom is -0.325 e. The molecule has 0 unspecified atom stereocenters. The lowest BCUT2D eigenvalue weighted by Gasteiger charge is -2.15.